The van der Waals surface area contributed by atoms with Gasteiger partial charge in [-0.2, -0.15) is 0 Å². The molecule has 1 aromatic heterocycles. The summed E-state index contributed by atoms with van der Waals surface area (Å²) in [5.41, 5.74) is 3.45. The third-order valence-electron chi connectivity index (χ3n) is 3.87. The Morgan fingerprint density at radius 1 is 1.15 bits per heavy atom. The quantitative estimate of drug-likeness (QED) is 0.928. The molecule has 0 aliphatic carbocycles. The average Bonchev–Trinajstić information content (AvgIpc) is 2.51. The van der Waals surface area contributed by atoms with E-state index in [9.17, 15) is 0 Å². The fourth-order valence-electron chi connectivity index (χ4n) is 2.77. The molecule has 1 aliphatic rings. The van der Waals surface area contributed by atoms with E-state index in [1.807, 2.05) is 18.2 Å². The maximum atomic E-state index is 6.22. The van der Waals surface area contributed by atoms with Crippen molar-refractivity contribution < 1.29 is 0 Å². The molecule has 3 heteroatoms. The first-order valence-corrected chi connectivity index (χ1v) is 7.60. The topological polar surface area (TPSA) is 24.9 Å². The van der Waals surface area contributed by atoms with E-state index in [1.54, 1.807) is 0 Å². The van der Waals surface area contributed by atoms with Crippen molar-refractivity contribution in [3.63, 3.8) is 0 Å². The summed E-state index contributed by atoms with van der Waals surface area (Å²) >= 11 is 6.22. The molecule has 1 N–H and O–H groups in total. The van der Waals surface area contributed by atoms with E-state index in [1.165, 1.54) is 18.5 Å². The van der Waals surface area contributed by atoms with Crippen LogP contribution < -0.4 is 5.32 Å². The summed E-state index contributed by atoms with van der Waals surface area (Å²) < 4.78 is 0. The van der Waals surface area contributed by atoms with Crippen LogP contribution in [0.2, 0.25) is 5.02 Å². The standard InChI is InChI=1S/C17H19ClN2/c18-16-8-2-1-5-13(16)11-15-7-3-9-17(20-15)14-6-4-10-19-12-14/h1-3,5,7-9,14,19H,4,6,10-12H2/t14-/m1/s1. The van der Waals surface area contributed by atoms with Crippen LogP contribution in [0.3, 0.4) is 0 Å². The van der Waals surface area contributed by atoms with Gasteiger partial charge in [-0.3, -0.25) is 4.98 Å². The van der Waals surface area contributed by atoms with Crippen LogP contribution in [-0.2, 0) is 6.42 Å². The number of hydrogen-bond donors (Lipinski definition) is 1. The molecular formula is C17H19ClN2. The van der Waals surface area contributed by atoms with E-state index in [0.717, 1.165) is 35.8 Å². The first kappa shape index (κ1) is 13.6. The highest BCUT2D eigenvalue weighted by molar-refractivity contribution is 6.31. The normalized spacial score (nSPS) is 18.9. The van der Waals surface area contributed by atoms with Crippen LogP contribution in [0.25, 0.3) is 0 Å². The molecule has 1 saturated heterocycles. The van der Waals surface area contributed by atoms with Gasteiger partial charge in [-0.05, 0) is 43.1 Å². The Labute approximate surface area is 125 Å². The molecule has 0 saturated carbocycles. The van der Waals surface area contributed by atoms with Crippen LogP contribution >= 0.6 is 11.6 Å². The lowest BCUT2D eigenvalue weighted by molar-refractivity contribution is 0.454. The minimum absolute atomic E-state index is 0.551. The Morgan fingerprint density at radius 3 is 2.85 bits per heavy atom. The third-order valence-corrected chi connectivity index (χ3v) is 4.24. The summed E-state index contributed by atoms with van der Waals surface area (Å²) in [5, 5.41) is 4.27. The van der Waals surface area contributed by atoms with Crippen LogP contribution in [0.1, 0.15) is 35.7 Å². The van der Waals surface area contributed by atoms with Gasteiger partial charge < -0.3 is 5.32 Å². The van der Waals surface area contributed by atoms with E-state index in [-0.39, 0.29) is 0 Å². The van der Waals surface area contributed by atoms with Crippen molar-refractivity contribution in [1.82, 2.24) is 10.3 Å². The van der Waals surface area contributed by atoms with Crippen LogP contribution in [0.5, 0.6) is 0 Å². The van der Waals surface area contributed by atoms with E-state index in [0.29, 0.717) is 5.92 Å². The van der Waals surface area contributed by atoms with Gasteiger partial charge in [0.05, 0.1) is 0 Å². The van der Waals surface area contributed by atoms with Crippen molar-refractivity contribution in [2.75, 3.05) is 13.1 Å². The minimum Gasteiger partial charge on any atom is -0.316 e. The van der Waals surface area contributed by atoms with Crippen molar-refractivity contribution in [2.24, 2.45) is 0 Å². The molecule has 0 amide bonds. The Balaban J connectivity index is 1.79. The first-order valence-electron chi connectivity index (χ1n) is 7.23. The van der Waals surface area contributed by atoms with Gasteiger partial charge in [-0.1, -0.05) is 35.9 Å². The molecule has 2 nitrogen and oxygen atoms in total. The van der Waals surface area contributed by atoms with Gasteiger partial charge in [-0.25, -0.2) is 0 Å². The monoisotopic (exact) mass is 286 g/mol. The molecule has 0 unspecified atom stereocenters. The van der Waals surface area contributed by atoms with E-state index >= 15 is 0 Å². The summed E-state index contributed by atoms with van der Waals surface area (Å²) in [6.07, 6.45) is 3.27. The largest absolute Gasteiger partial charge is 0.316 e. The zero-order chi connectivity index (χ0) is 13.8. The molecule has 1 aliphatic heterocycles. The lowest BCUT2D eigenvalue weighted by Crippen LogP contribution is -2.28. The number of nitrogens with zero attached hydrogens (tertiary/aromatic N) is 1. The van der Waals surface area contributed by atoms with E-state index < -0.39 is 0 Å². The Kier molecular flexibility index (Phi) is 4.34. The smallest absolute Gasteiger partial charge is 0.0451 e. The number of pyridine rings is 1. The molecule has 2 heterocycles. The van der Waals surface area contributed by atoms with Crippen molar-refractivity contribution in [1.29, 1.82) is 0 Å². The summed E-state index contributed by atoms with van der Waals surface area (Å²) in [7, 11) is 0. The second kappa shape index (κ2) is 6.38. The number of halogens is 1. The Morgan fingerprint density at radius 2 is 2.05 bits per heavy atom. The fraction of sp³-hybridized carbons (Fsp3) is 0.353. The van der Waals surface area contributed by atoms with Crippen molar-refractivity contribution >= 4 is 11.6 Å². The lowest BCUT2D eigenvalue weighted by atomic mass is 9.95. The molecule has 0 bridgehead atoms. The Bertz CT molecular complexity index is 577. The molecule has 1 fully saturated rings. The molecule has 0 spiro atoms. The second-order valence-corrected chi connectivity index (χ2v) is 5.77. The van der Waals surface area contributed by atoms with Crippen molar-refractivity contribution in [3.05, 3.63) is 64.4 Å². The van der Waals surface area contributed by atoms with Gasteiger partial charge in [0.15, 0.2) is 0 Å². The van der Waals surface area contributed by atoms with Crippen molar-refractivity contribution in [2.45, 2.75) is 25.2 Å². The van der Waals surface area contributed by atoms with Gasteiger partial charge in [-0.15, -0.1) is 0 Å². The van der Waals surface area contributed by atoms with Gasteiger partial charge in [0.2, 0.25) is 0 Å². The molecule has 2 aromatic rings. The van der Waals surface area contributed by atoms with Gasteiger partial charge in [0, 0.05) is 35.3 Å². The molecule has 1 atom stereocenters. The first-order chi connectivity index (χ1) is 9.83. The second-order valence-electron chi connectivity index (χ2n) is 5.37. The summed E-state index contributed by atoms with van der Waals surface area (Å²) in [4.78, 5) is 4.83. The molecule has 104 valence electrons. The third kappa shape index (κ3) is 3.20. The Hall–Kier alpha value is -1.38. The van der Waals surface area contributed by atoms with E-state index in [2.05, 4.69) is 29.6 Å². The highest BCUT2D eigenvalue weighted by Crippen LogP contribution is 2.23. The maximum absolute atomic E-state index is 6.22. The zero-order valence-electron chi connectivity index (χ0n) is 11.5. The number of nitrogens with one attached hydrogen (secondary N) is 1. The van der Waals surface area contributed by atoms with E-state index in [4.69, 9.17) is 16.6 Å². The minimum atomic E-state index is 0.551. The molecule has 1 aromatic carbocycles. The maximum Gasteiger partial charge on any atom is 0.0451 e. The predicted octanol–water partition coefficient (Wildman–Crippen LogP) is 3.79. The van der Waals surface area contributed by atoms with Gasteiger partial charge in [0.25, 0.3) is 0 Å². The van der Waals surface area contributed by atoms with Crippen molar-refractivity contribution in [3.8, 4) is 0 Å². The molecular weight excluding hydrogens is 268 g/mol. The SMILES string of the molecule is Clc1ccccc1Cc1cccc([C@@H]2CCCNC2)n1. The van der Waals surface area contributed by atoms with Crippen LogP contribution in [0.4, 0.5) is 0 Å². The number of benzene rings is 1. The molecule has 20 heavy (non-hydrogen) atoms. The average molecular weight is 287 g/mol. The fourth-order valence-corrected chi connectivity index (χ4v) is 2.97. The van der Waals surface area contributed by atoms with Gasteiger partial charge in [0.1, 0.15) is 0 Å². The summed E-state index contributed by atoms with van der Waals surface area (Å²) in [6.45, 7) is 2.18. The molecule has 3 rings (SSSR count). The summed E-state index contributed by atoms with van der Waals surface area (Å²) in [6, 6.07) is 14.3. The summed E-state index contributed by atoms with van der Waals surface area (Å²) in [5.74, 6) is 0.551. The number of aromatic nitrogens is 1. The zero-order valence-corrected chi connectivity index (χ0v) is 12.2. The predicted molar refractivity (Wildman–Crippen MR) is 83.3 cm³/mol. The van der Waals surface area contributed by atoms with Crippen LogP contribution in [0.15, 0.2) is 42.5 Å². The van der Waals surface area contributed by atoms with Gasteiger partial charge >= 0.3 is 0 Å². The highest BCUT2D eigenvalue weighted by atomic mass is 35.5. The number of rotatable bonds is 3. The van der Waals surface area contributed by atoms with Crippen LogP contribution in [-0.4, -0.2) is 18.1 Å². The number of piperidine rings is 1. The molecule has 0 radical (unpaired) electrons. The van der Waals surface area contributed by atoms with Crippen LogP contribution in [0, 0.1) is 0 Å². The lowest BCUT2D eigenvalue weighted by Gasteiger charge is -2.22. The number of hydrogen-bond acceptors (Lipinski definition) is 2. The highest BCUT2D eigenvalue weighted by Gasteiger charge is 2.16.